The first kappa shape index (κ1) is 15.0. The standard InChI is InChI=1S/C16H14BrF2NS/c17-12-3-1-2-4-15(12)21-16-13(18)7-10(8-14(16)19)9-20-11-5-6-11/h1-4,7-8,11,20H,5-6,9H2. The van der Waals surface area contributed by atoms with Crippen LogP contribution in [0.25, 0.3) is 0 Å². The van der Waals surface area contributed by atoms with Crippen molar-refractivity contribution in [3.63, 3.8) is 0 Å². The molecule has 21 heavy (non-hydrogen) atoms. The molecule has 5 heteroatoms. The summed E-state index contributed by atoms with van der Waals surface area (Å²) in [6, 6.07) is 10.7. The van der Waals surface area contributed by atoms with E-state index in [4.69, 9.17) is 0 Å². The van der Waals surface area contributed by atoms with E-state index < -0.39 is 11.6 Å². The molecule has 3 rings (SSSR count). The predicted octanol–water partition coefficient (Wildman–Crippen LogP) is 5.13. The Bertz CT molecular complexity index is 635. The maximum atomic E-state index is 14.2. The molecule has 0 amide bonds. The minimum atomic E-state index is -0.511. The van der Waals surface area contributed by atoms with Gasteiger partial charge in [0.15, 0.2) is 0 Å². The van der Waals surface area contributed by atoms with Crippen LogP contribution in [0, 0.1) is 11.6 Å². The molecule has 0 heterocycles. The molecule has 0 aromatic heterocycles. The van der Waals surface area contributed by atoms with Gasteiger partial charge in [-0.3, -0.25) is 0 Å². The molecule has 1 N–H and O–H groups in total. The number of hydrogen-bond donors (Lipinski definition) is 1. The Hall–Kier alpha value is -0.910. The van der Waals surface area contributed by atoms with Crippen LogP contribution >= 0.6 is 27.7 Å². The largest absolute Gasteiger partial charge is 0.310 e. The summed E-state index contributed by atoms with van der Waals surface area (Å²) in [5, 5.41) is 3.26. The molecule has 2 aromatic rings. The lowest BCUT2D eigenvalue weighted by Crippen LogP contribution is -2.15. The third-order valence-electron chi connectivity index (χ3n) is 3.28. The van der Waals surface area contributed by atoms with Gasteiger partial charge in [-0.15, -0.1) is 0 Å². The van der Waals surface area contributed by atoms with Crippen molar-refractivity contribution in [3.05, 3.63) is 58.1 Å². The van der Waals surface area contributed by atoms with Crippen molar-refractivity contribution in [3.8, 4) is 0 Å². The van der Waals surface area contributed by atoms with Crippen LogP contribution in [0.4, 0.5) is 8.78 Å². The van der Waals surface area contributed by atoms with E-state index >= 15 is 0 Å². The maximum absolute atomic E-state index is 14.2. The molecule has 0 bridgehead atoms. The van der Waals surface area contributed by atoms with E-state index in [0.717, 1.165) is 34.0 Å². The van der Waals surface area contributed by atoms with E-state index in [2.05, 4.69) is 21.2 Å². The van der Waals surface area contributed by atoms with Crippen molar-refractivity contribution in [2.24, 2.45) is 0 Å². The molecular weight excluding hydrogens is 356 g/mol. The molecule has 0 unspecified atom stereocenters. The Balaban J connectivity index is 1.80. The van der Waals surface area contributed by atoms with E-state index in [0.29, 0.717) is 18.2 Å². The highest BCUT2D eigenvalue weighted by Gasteiger charge is 2.21. The molecule has 110 valence electrons. The Kier molecular flexibility index (Phi) is 4.62. The quantitative estimate of drug-likeness (QED) is 0.783. The molecule has 2 aromatic carbocycles. The first-order chi connectivity index (χ1) is 10.1. The van der Waals surface area contributed by atoms with E-state index in [1.807, 2.05) is 24.3 Å². The second-order valence-electron chi connectivity index (χ2n) is 5.08. The van der Waals surface area contributed by atoms with Gasteiger partial charge < -0.3 is 5.32 Å². The summed E-state index contributed by atoms with van der Waals surface area (Å²) < 4.78 is 29.2. The second-order valence-corrected chi connectivity index (χ2v) is 6.98. The van der Waals surface area contributed by atoms with Crippen LogP contribution in [0.1, 0.15) is 18.4 Å². The zero-order chi connectivity index (χ0) is 14.8. The highest BCUT2D eigenvalue weighted by atomic mass is 79.9. The topological polar surface area (TPSA) is 12.0 Å². The third kappa shape index (κ3) is 3.84. The lowest BCUT2D eigenvalue weighted by molar-refractivity contribution is 0.534. The summed E-state index contributed by atoms with van der Waals surface area (Å²) in [4.78, 5) is 0.830. The number of nitrogens with one attached hydrogen (secondary N) is 1. The molecule has 1 saturated carbocycles. The van der Waals surface area contributed by atoms with Crippen LogP contribution in [-0.2, 0) is 6.54 Å². The van der Waals surface area contributed by atoms with Crippen molar-refractivity contribution >= 4 is 27.7 Å². The molecular formula is C16H14BrF2NS. The highest BCUT2D eigenvalue weighted by Crippen LogP contribution is 2.36. The van der Waals surface area contributed by atoms with Gasteiger partial charge in [0.2, 0.25) is 0 Å². The van der Waals surface area contributed by atoms with E-state index in [-0.39, 0.29) is 4.90 Å². The van der Waals surface area contributed by atoms with Gasteiger partial charge in [-0.05, 0) is 58.6 Å². The van der Waals surface area contributed by atoms with Gasteiger partial charge in [-0.1, -0.05) is 23.9 Å². The smallest absolute Gasteiger partial charge is 0.140 e. The lowest BCUT2D eigenvalue weighted by Gasteiger charge is -2.09. The SMILES string of the molecule is Fc1cc(CNC2CC2)cc(F)c1Sc1ccccc1Br. The fraction of sp³-hybridized carbons (Fsp3) is 0.250. The van der Waals surface area contributed by atoms with Crippen LogP contribution < -0.4 is 5.32 Å². The molecule has 1 aliphatic rings. The fourth-order valence-corrected chi connectivity index (χ4v) is 3.37. The average Bonchev–Trinajstić information content (AvgIpc) is 3.26. The van der Waals surface area contributed by atoms with Crippen molar-refractivity contribution in [1.82, 2.24) is 5.32 Å². The first-order valence-corrected chi connectivity index (χ1v) is 8.38. The molecule has 0 atom stereocenters. The number of rotatable bonds is 5. The molecule has 0 radical (unpaired) electrons. The van der Waals surface area contributed by atoms with Crippen LogP contribution in [0.3, 0.4) is 0 Å². The zero-order valence-corrected chi connectivity index (χ0v) is 13.6. The van der Waals surface area contributed by atoms with E-state index in [9.17, 15) is 8.78 Å². The van der Waals surface area contributed by atoms with Crippen molar-refractivity contribution in [1.29, 1.82) is 0 Å². The third-order valence-corrected chi connectivity index (χ3v) is 5.40. The van der Waals surface area contributed by atoms with Crippen molar-refractivity contribution in [2.75, 3.05) is 0 Å². The van der Waals surface area contributed by atoms with Crippen molar-refractivity contribution < 1.29 is 8.78 Å². The Morgan fingerprint density at radius 3 is 2.43 bits per heavy atom. The van der Waals surface area contributed by atoms with Gasteiger partial charge in [0.1, 0.15) is 11.6 Å². The minimum Gasteiger partial charge on any atom is -0.310 e. The van der Waals surface area contributed by atoms with Gasteiger partial charge in [0.25, 0.3) is 0 Å². The normalized spacial score (nSPS) is 14.4. The van der Waals surface area contributed by atoms with Gasteiger partial charge in [-0.25, -0.2) is 8.78 Å². The van der Waals surface area contributed by atoms with Crippen LogP contribution in [0.2, 0.25) is 0 Å². The predicted molar refractivity (Wildman–Crippen MR) is 84.5 cm³/mol. The van der Waals surface area contributed by atoms with Crippen molar-refractivity contribution in [2.45, 2.75) is 35.2 Å². The second kappa shape index (κ2) is 6.46. The highest BCUT2D eigenvalue weighted by molar-refractivity contribution is 9.10. The molecule has 1 nitrogen and oxygen atoms in total. The first-order valence-electron chi connectivity index (χ1n) is 6.77. The van der Waals surface area contributed by atoms with Gasteiger partial charge in [-0.2, -0.15) is 0 Å². The summed E-state index contributed by atoms with van der Waals surface area (Å²) in [6.07, 6.45) is 2.31. The van der Waals surface area contributed by atoms with Gasteiger partial charge in [0, 0.05) is 22.0 Å². The summed E-state index contributed by atoms with van der Waals surface area (Å²) >= 11 is 4.48. The van der Waals surface area contributed by atoms with Crippen LogP contribution in [0.5, 0.6) is 0 Å². The molecule has 1 aliphatic carbocycles. The summed E-state index contributed by atoms with van der Waals surface area (Å²) in [5.41, 5.74) is 0.647. The summed E-state index contributed by atoms with van der Waals surface area (Å²) in [5.74, 6) is -1.02. The molecule has 0 aliphatic heterocycles. The van der Waals surface area contributed by atoms with Crippen LogP contribution in [0.15, 0.2) is 50.7 Å². The van der Waals surface area contributed by atoms with Crippen LogP contribution in [-0.4, -0.2) is 6.04 Å². The summed E-state index contributed by atoms with van der Waals surface area (Å²) in [6.45, 7) is 0.512. The molecule has 0 saturated heterocycles. The Labute approximate surface area is 135 Å². The van der Waals surface area contributed by atoms with E-state index in [1.54, 1.807) is 0 Å². The fourth-order valence-electron chi connectivity index (χ4n) is 2.00. The van der Waals surface area contributed by atoms with E-state index in [1.165, 1.54) is 12.1 Å². The zero-order valence-electron chi connectivity index (χ0n) is 11.2. The molecule has 1 fully saturated rings. The number of halogens is 3. The summed E-state index contributed by atoms with van der Waals surface area (Å²) in [7, 11) is 0. The Morgan fingerprint density at radius 1 is 1.14 bits per heavy atom. The molecule has 0 spiro atoms. The minimum absolute atomic E-state index is 0.0390. The number of benzene rings is 2. The number of hydrogen-bond acceptors (Lipinski definition) is 2. The maximum Gasteiger partial charge on any atom is 0.140 e. The Morgan fingerprint density at radius 2 is 1.81 bits per heavy atom. The van der Waals surface area contributed by atoms with Gasteiger partial charge >= 0.3 is 0 Å². The van der Waals surface area contributed by atoms with Gasteiger partial charge in [0.05, 0.1) is 4.90 Å². The monoisotopic (exact) mass is 369 g/mol. The lowest BCUT2D eigenvalue weighted by atomic mass is 10.2. The average molecular weight is 370 g/mol.